The van der Waals surface area contributed by atoms with Gasteiger partial charge in [-0.1, -0.05) is 0 Å². The van der Waals surface area contributed by atoms with Crippen molar-refractivity contribution in [1.29, 1.82) is 0 Å². The third-order valence-corrected chi connectivity index (χ3v) is 2.40. The lowest BCUT2D eigenvalue weighted by Gasteiger charge is -2.20. The maximum Gasteiger partial charge on any atom is 0.417 e. The lowest BCUT2D eigenvalue weighted by Crippen LogP contribution is -2.31. The Balaban J connectivity index is 3.40. The molecule has 0 unspecified atom stereocenters. The molecule has 3 nitrogen and oxygen atoms in total. The predicted molar refractivity (Wildman–Crippen MR) is 58.5 cm³/mol. The zero-order valence-corrected chi connectivity index (χ0v) is 10.6. The van der Waals surface area contributed by atoms with Crippen molar-refractivity contribution in [1.82, 2.24) is 0 Å². The van der Waals surface area contributed by atoms with E-state index < -0.39 is 29.2 Å². The SMILES string of the molecule is CCOC(=O)C(F)(F)c1ccc(OC)cc1C(F)(F)F. The van der Waals surface area contributed by atoms with Crippen molar-refractivity contribution in [3.8, 4) is 5.75 Å². The van der Waals surface area contributed by atoms with E-state index in [4.69, 9.17) is 0 Å². The molecule has 0 heterocycles. The Morgan fingerprint density at radius 1 is 1.15 bits per heavy atom. The highest BCUT2D eigenvalue weighted by Gasteiger charge is 2.49. The zero-order chi connectivity index (χ0) is 15.6. The molecule has 0 amide bonds. The number of ether oxygens (including phenoxy) is 2. The molecule has 1 aromatic rings. The van der Waals surface area contributed by atoms with Gasteiger partial charge in [0.15, 0.2) is 0 Å². The Kier molecular flexibility index (Phi) is 4.57. The smallest absolute Gasteiger partial charge is 0.417 e. The average molecular weight is 298 g/mol. The van der Waals surface area contributed by atoms with Crippen LogP contribution in [0, 0.1) is 0 Å². The molecule has 1 rings (SSSR count). The second-order valence-electron chi connectivity index (χ2n) is 3.70. The first-order valence-corrected chi connectivity index (χ1v) is 5.45. The van der Waals surface area contributed by atoms with Gasteiger partial charge in [0.2, 0.25) is 0 Å². The van der Waals surface area contributed by atoms with E-state index in [1.54, 1.807) is 0 Å². The summed E-state index contributed by atoms with van der Waals surface area (Å²) in [6.45, 7) is 0.901. The van der Waals surface area contributed by atoms with Crippen LogP contribution in [-0.4, -0.2) is 19.7 Å². The maximum absolute atomic E-state index is 13.7. The van der Waals surface area contributed by atoms with Crippen LogP contribution in [0.25, 0.3) is 0 Å². The van der Waals surface area contributed by atoms with E-state index in [2.05, 4.69) is 9.47 Å². The molecule has 0 bridgehead atoms. The van der Waals surface area contributed by atoms with E-state index in [0.29, 0.717) is 12.1 Å². The lowest BCUT2D eigenvalue weighted by atomic mass is 10.0. The van der Waals surface area contributed by atoms with Gasteiger partial charge >= 0.3 is 18.1 Å². The number of hydrogen-bond donors (Lipinski definition) is 0. The molecule has 0 aliphatic heterocycles. The average Bonchev–Trinajstić information content (AvgIpc) is 2.37. The van der Waals surface area contributed by atoms with Crippen LogP contribution < -0.4 is 4.74 Å². The molecule has 20 heavy (non-hydrogen) atoms. The third kappa shape index (κ3) is 3.17. The molecular weight excluding hydrogens is 287 g/mol. The lowest BCUT2D eigenvalue weighted by molar-refractivity contribution is -0.175. The van der Waals surface area contributed by atoms with Gasteiger partial charge in [-0.15, -0.1) is 0 Å². The first-order chi connectivity index (χ1) is 9.14. The van der Waals surface area contributed by atoms with Crippen molar-refractivity contribution in [3.05, 3.63) is 29.3 Å². The quantitative estimate of drug-likeness (QED) is 0.631. The summed E-state index contributed by atoms with van der Waals surface area (Å²) in [5.41, 5.74) is -3.11. The van der Waals surface area contributed by atoms with Gasteiger partial charge in [-0.05, 0) is 25.1 Å². The Labute approximate surface area is 111 Å². The highest BCUT2D eigenvalue weighted by molar-refractivity contribution is 5.80. The summed E-state index contributed by atoms with van der Waals surface area (Å²) in [4.78, 5) is 11.1. The maximum atomic E-state index is 13.7. The number of carbonyl (C=O) groups is 1. The van der Waals surface area contributed by atoms with Gasteiger partial charge in [-0.3, -0.25) is 0 Å². The van der Waals surface area contributed by atoms with Crippen molar-refractivity contribution in [2.24, 2.45) is 0 Å². The van der Waals surface area contributed by atoms with Crippen LogP contribution in [0.5, 0.6) is 5.75 Å². The van der Waals surface area contributed by atoms with Crippen LogP contribution in [0.15, 0.2) is 18.2 Å². The molecular formula is C12H11F5O3. The number of rotatable bonds is 4. The van der Waals surface area contributed by atoms with Crippen molar-refractivity contribution in [2.75, 3.05) is 13.7 Å². The minimum absolute atomic E-state index is 0.249. The van der Waals surface area contributed by atoms with E-state index in [1.165, 1.54) is 6.92 Å². The van der Waals surface area contributed by atoms with E-state index in [0.717, 1.165) is 13.2 Å². The van der Waals surface area contributed by atoms with Crippen molar-refractivity contribution in [2.45, 2.75) is 19.0 Å². The standard InChI is InChI=1S/C12H11F5O3/c1-3-20-10(18)11(13,14)8-5-4-7(19-2)6-9(8)12(15,16)17/h4-6H,3H2,1-2H3. The topological polar surface area (TPSA) is 35.5 Å². The van der Waals surface area contributed by atoms with Crippen LogP contribution in [0.2, 0.25) is 0 Å². The summed E-state index contributed by atoms with van der Waals surface area (Å²) in [6, 6.07) is 1.82. The molecule has 0 saturated carbocycles. The van der Waals surface area contributed by atoms with Crippen LogP contribution in [0.4, 0.5) is 22.0 Å². The number of hydrogen-bond acceptors (Lipinski definition) is 3. The van der Waals surface area contributed by atoms with E-state index in [-0.39, 0.29) is 12.4 Å². The minimum atomic E-state index is -5.06. The molecule has 0 atom stereocenters. The van der Waals surface area contributed by atoms with Crippen molar-refractivity contribution < 1.29 is 36.2 Å². The van der Waals surface area contributed by atoms with Gasteiger partial charge < -0.3 is 9.47 Å². The monoisotopic (exact) mass is 298 g/mol. The zero-order valence-electron chi connectivity index (χ0n) is 10.6. The summed E-state index contributed by atoms with van der Waals surface area (Å²) in [5.74, 6) is -6.68. The fourth-order valence-corrected chi connectivity index (χ4v) is 1.49. The van der Waals surface area contributed by atoms with Crippen molar-refractivity contribution in [3.63, 3.8) is 0 Å². The second-order valence-corrected chi connectivity index (χ2v) is 3.70. The molecule has 1 aromatic carbocycles. The normalized spacial score (nSPS) is 12.2. The highest BCUT2D eigenvalue weighted by Crippen LogP contribution is 2.41. The molecule has 0 spiro atoms. The minimum Gasteiger partial charge on any atom is -0.497 e. The van der Waals surface area contributed by atoms with Crippen LogP contribution >= 0.6 is 0 Å². The second kappa shape index (κ2) is 5.64. The number of esters is 1. The molecule has 8 heteroatoms. The van der Waals surface area contributed by atoms with Gasteiger partial charge in [-0.2, -0.15) is 22.0 Å². The van der Waals surface area contributed by atoms with Gasteiger partial charge in [0.1, 0.15) is 5.75 Å². The van der Waals surface area contributed by atoms with Crippen LogP contribution in [-0.2, 0) is 21.6 Å². The number of halogens is 5. The Bertz CT molecular complexity index is 496. The molecule has 0 saturated heterocycles. The van der Waals surface area contributed by atoms with E-state index in [9.17, 15) is 26.7 Å². The summed E-state index contributed by atoms with van der Waals surface area (Å²) >= 11 is 0. The Morgan fingerprint density at radius 2 is 1.75 bits per heavy atom. The molecule has 0 N–H and O–H groups in total. The van der Waals surface area contributed by atoms with Gasteiger partial charge in [0.25, 0.3) is 0 Å². The Morgan fingerprint density at radius 3 is 2.20 bits per heavy atom. The first kappa shape index (κ1) is 16.2. The first-order valence-electron chi connectivity index (χ1n) is 5.45. The molecule has 0 fully saturated rings. The summed E-state index contributed by atoms with van der Waals surface area (Å²) in [7, 11) is 1.10. The molecule has 0 aliphatic rings. The summed E-state index contributed by atoms with van der Waals surface area (Å²) < 4.78 is 74.6. The largest absolute Gasteiger partial charge is 0.497 e. The number of methoxy groups -OCH3 is 1. The predicted octanol–water partition coefficient (Wildman–Crippen LogP) is 3.37. The highest BCUT2D eigenvalue weighted by atomic mass is 19.4. The molecule has 0 aliphatic carbocycles. The third-order valence-electron chi connectivity index (χ3n) is 2.40. The van der Waals surface area contributed by atoms with Gasteiger partial charge in [-0.25, -0.2) is 4.79 Å². The Hall–Kier alpha value is -1.86. The van der Waals surface area contributed by atoms with E-state index >= 15 is 0 Å². The molecule has 112 valence electrons. The van der Waals surface area contributed by atoms with Crippen LogP contribution in [0.3, 0.4) is 0 Å². The summed E-state index contributed by atoms with van der Waals surface area (Å²) in [5, 5.41) is 0. The number of alkyl halides is 5. The summed E-state index contributed by atoms with van der Waals surface area (Å²) in [6.07, 6.45) is -5.06. The number of carbonyl (C=O) groups excluding carboxylic acids is 1. The van der Waals surface area contributed by atoms with E-state index in [1.807, 2.05) is 0 Å². The molecule has 0 radical (unpaired) electrons. The van der Waals surface area contributed by atoms with Gasteiger partial charge in [0.05, 0.1) is 19.3 Å². The van der Waals surface area contributed by atoms with Crippen molar-refractivity contribution >= 4 is 5.97 Å². The van der Waals surface area contributed by atoms with Gasteiger partial charge in [0, 0.05) is 5.56 Å². The number of benzene rings is 1. The fraction of sp³-hybridized carbons (Fsp3) is 0.417. The fourth-order valence-electron chi connectivity index (χ4n) is 1.49. The molecule has 0 aromatic heterocycles. The van der Waals surface area contributed by atoms with Crippen LogP contribution in [0.1, 0.15) is 18.1 Å².